The minimum Gasteiger partial charge on any atom is -0.377 e. The minimum absolute atomic E-state index is 0.381. The van der Waals surface area contributed by atoms with Crippen molar-refractivity contribution >= 4 is 0 Å². The van der Waals surface area contributed by atoms with Gasteiger partial charge in [0, 0.05) is 25.7 Å². The van der Waals surface area contributed by atoms with Crippen LogP contribution in [0.1, 0.15) is 13.3 Å². The van der Waals surface area contributed by atoms with Gasteiger partial charge in [-0.3, -0.25) is 4.90 Å². The van der Waals surface area contributed by atoms with Gasteiger partial charge in [-0.1, -0.05) is 0 Å². The molecule has 66 valence electrons. The lowest BCUT2D eigenvalue weighted by Crippen LogP contribution is -2.39. The van der Waals surface area contributed by atoms with E-state index in [0.717, 1.165) is 26.1 Å². The maximum Gasteiger partial charge on any atom is 0.0702 e. The third-order valence-electron chi connectivity index (χ3n) is 2.38. The molecule has 0 bridgehead atoms. The predicted molar refractivity (Wildman–Crippen MR) is 45.5 cm³/mol. The first-order valence-electron chi connectivity index (χ1n) is 4.27. The van der Waals surface area contributed by atoms with Gasteiger partial charge in [0.2, 0.25) is 0 Å². The SMILES string of the molecule is CC1OCCC1N(C)CCN. The van der Waals surface area contributed by atoms with Gasteiger partial charge in [0.05, 0.1) is 6.10 Å². The van der Waals surface area contributed by atoms with Crippen LogP contribution in [0.25, 0.3) is 0 Å². The van der Waals surface area contributed by atoms with E-state index in [1.807, 2.05) is 0 Å². The fourth-order valence-electron chi connectivity index (χ4n) is 1.67. The second-order valence-electron chi connectivity index (χ2n) is 3.20. The Bertz CT molecular complexity index is 119. The average molecular weight is 158 g/mol. The summed E-state index contributed by atoms with van der Waals surface area (Å²) in [7, 11) is 2.11. The van der Waals surface area contributed by atoms with E-state index in [1.54, 1.807) is 0 Å². The summed E-state index contributed by atoms with van der Waals surface area (Å²) in [5.74, 6) is 0. The summed E-state index contributed by atoms with van der Waals surface area (Å²) in [6.45, 7) is 4.74. The molecule has 0 radical (unpaired) electrons. The predicted octanol–water partition coefficient (Wildman–Crippen LogP) is 0.0543. The summed E-state index contributed by atoms with van der Waals surface area (Å²) < 4.78 is 5.45. The summed E-state index contributed by atoms with van der Waals surface area (Å²) in [5, 5.41) is 0. The fraction of sp³-hybridized carbons (Fsp3) is 1.00. The molecular weight excluding hydrogens is 140 g/mol. The number of ether oxygens (including phenoxy) is 1. The highest BCUT2D eigenvalue weighted by molar-refractivity contribution is 4.80. The van der Waals surface area contributed by atoms with Gasteiger partial charge in [-0.2, -0.15) is 0 Å². The molecule has 3 nitrogen and oxygen atoms in total. The number of rotatable bonds is 3. The molecule has 0 spiro atoms. The van der Waals surface area contributed by atoms with Crippen molar-refractivity contribution in [3.8, 4) is 0 Å². The second kappa shape index (κ2) is 4.04. The molecule has 2 atom stereocenters. The summed E-state index contributed by atoms with van der Waals surface area (Å²) >= 11 is 0. The minimum atomic E-state index is 0.381. The Morgan fingerprint density at radius 2 is 2.36 bits per heavy atom. The zero-order chi connectivity index (χ0) is 8.27. The van der Waals surface area contributed by atoms with Crippen LogP contribution in [-0.2, 0) is 4.74 Å². The van der Waals surface area contributed by atoms with Crippen molar-refractivity contribution in [2.75, 3.05) is 26.7 Å². The van der Waals surface area contributed by atoms with Crippen molar-refractivity contribution in [1.82, 2.24) is 4.90 Å². The standard InChI is InChI=1S/C8H18N2O/c1-7-8(3-6-11-7)10(2)5-4-9/h7-8H,3-6,9H2,1-2H3. The van der Waals surface area contributed by atoms with Gasteiger partial charge in [0.1, 0.15) is 0 Å². The fourth-order valence-corrected chi connectivity index (χ4v) is 1.67. The first kappa shape index (κ1) is 8.97. The maximum atomic E-state index is 5.46. The first-order chi connectivity index (χ1) is 5.25. The van der Waals surface area contributed by atoms with E-state index in [2.05, 4.69) is 18.9 Å². The molecule has 0 aromatic heterocycles. The molecule has 11 heavy (non-hydrogen) atoms. The Labute approximate surface area is 68.5 Å². The highest BCUT2D eigenvalue weighted by Crippen LogP contribution is 2.17. The van der Waals surface area contributed by atoms with E-state index in [1.165, 1.54) is 0 Å². The molecular formula is C8H18N2O. The third kappa shape index (κ3) is 2.15. The largest absolute Gasteiger partial charge is 0.377 e. The van der Waals surface area contributed by atoms with Crippen molar-refractivity contribution in [1.29, 1.82) is 0 Å². The normalized spacial score (nSPS) is 31.6. The molecule has 1 heterocycles. The third-order valence-corrected chi connectivity index (χ3v) is 2.38. The van der Waals surface area contributed by atoms with E-state index in [9.17, 15) is 0 Å². The lowest BCUT2D eigenvalue weighted by Gasteiger charge is -2.25. The number of likely N-dealkylation sites (N-methyl/N-ethyl adjacent to an activating group) is 1. The van der Waals surface area contributed by atoms with E-state index in [0.29, 0.717) is 12.1 Å². The number of hydrogen-bond acceptors (Lipinski definition) is 3. The van der Waals surface area contributed by atoms with Crippen molar-refractivity contribution in [2.24, 2.45) is 5.73 Å². The molecule has 0 amide bonds. The second-order valence-corrected chi connectivity index (χ2v) is 3.20. The maximum absolute atomic E-state index is 5.46. The van der Waals surface area contributed by atoms with Gasteiger partial charge in [-0.15, -0.1) is 0 Å². The van der Waals surface area contributed by atoms with Crippen LogP contribution in [-0.4, -0.2) is 43.8 Å². The summed E-state index contributed by atoms with van der Waals surface area (Å²) in [4.78, 5) is 2.29. The molecule has 1 aliphatic heterocycles. The monoisotopic (exact) mass is 158 g/mol. The van der Waals surface area contributed by atoms with Crippen LogP contribution < -0.4 is 5.73 Å². The molecule has 0 aliphatic carbocycles. The zero-order valence-corrected chi connectivity index (χ0v) is 7.42. The van der Waals surface area contributed by atoms with Gasteiger partial charge in [0.15, 0.2) is 0 Å². The van der Waals surface area contributed by atoms with Crippen LogP contribution in [0, 0.1) is 0 Å². The molecule has 1 saturated heterocycles. The Balaban J connectivity index is 2.33. The zero-order valence-electron chi connectivity index (χ0n) is 7.42. The van der Waals surface area contributed by atoms with Crippen LogP contribution in [0.15, 0.2) is 0 Å². The Hall–Kier alpha value is -0.120. The van der Waals surface area contributed by atoms with E-state index >= 15 is 0 Å². The molecule has 3 heteroatoms. The Morgan fingerprint density at radius 3 is 2.82 bits per heavy atom. The molecule has 0 saturated carbocycles. The van der Waals surface area contributed by atoms with Crippen molar-refractivity contribution in [2.45, 2.75) is 25.5 Å². The highest BCUT2D eigenvalue weighted by atomic mass is 16.5. The molecule has 1 rings (SSSR count). The lowest BCUT2D eigenvalue weighted by atomic mass is 10.1. The van der Waals surface area contributed by atoms with Crippen molar-refractivity contribution < 1.29 is 4.74 Å². The highest BCUT2D eigenvalue weighted by Gasteiger charge is 2.26. The Morgan fingerprint density at radius 1 is 1.64 bits per heavy atom. The van der Waals surface area contributed by atoms with Crippen molar-refractivity contribution in [3.63, 3.8) is 0 Å². The molecule has 2 unspecified atom stereocenters. The van der Waals surface area contributed by atoms with Crippen LogP contribution >= 0.6 is 0 Å². The summed E-state index contributed by atoms with van der Waals surface area (Å²) in [5.41, 5.74) is 5.46. The topological polar surface area (TPSA) is 38.5 Å². The average Bonchev–Trinajstić information content (AvgIpc) is 2.36. The van der Waals surface area contributed by atoms with Gasteiger partial charge in [-0.05, 0) is 20.4 Å². The van der Waals surface area contributed by atoms with Gasteiger partial charge in [-0.25, -0.2) is 0 Å². The van der Waals surface area contributed by atoms with Crippen LogP contribution in [0.3, 0.4) is 0 Å². The van der Waals surface area contributed by atoms with E-state index in [-0.39, 0.29) is 0 Å². The number of nitrogens with zero attached hydrogens (tertiary/aromatic N) is 1. The van der Waals surface area contributed by atoms with Gasteiger partial charge < -0.3 is 10.5 Å². The Kier molecular flexibility index (Phi) is 3.30. The molecule has 1 aliphatic rings. The first-order valence-corrected chi connectivity index (χ1v) is 4.27. The van der Waals surface area contributed by atoms with Crippen LogP contribution in [0.4, 0.5) is 0 Å². The lowest BCUT2D eigenvalue weighted by molar-refractivity contribution is 0.0847. The molecule has 2 N–H and O–H groups in total. The van der Waals surface area contributed by atoms with Crippen LogP contribution in [0.5, 0.6) is 0 Å². The van der Waals surface area contributed by atoms with E-state index in [4.69, 9.17) is 10.5 Å². The van der Waals surface area contributed by atoms with E-state index < -0.39 is 0 Å². The summed E-state index contributed by atoms with van der Waals surface area (Å²) in [6, 6.07) is 0.582. The van der Waals surface area contributed by atoms with Crippen molar-refractivity contribution in [3.05, 3.63) is 0 Å². The van der Waals surface area contributed by atoms with Crippen LogP contribution in [0.2, 0.25) is 0 Å². The molecule has 1 fully saturated rings. The van der Waals surface area contributed by atoms with Gasteiger partial charge >= 0.3 is 0 Å². The number of nitrogens with two attached hydrogens (primary N) is 1. The smallest absolute Gasteiger partial charge is 0.0702 e. The summed E-state index contributed by atoms with van der Waals surface area (Å²) in [6.07, 6.45) is 1.53. The number of hydrogen-bond donors (Lipinski definition) is 1. The molecule has 0 aromatic rings. The van der Waals surface area contributed by atoms with Gasteiger partial charge in [0.25, 0.3) is 0 Å². The quantitative estimate of drug-likeness (QED) is 0.631. The molecule has 0 aromatic carbocycles.